The second-order valence-electron chi connectivity index (χ2n) is 24.8. The second-order valence-corrected chi connectivity index (χ2v) is 27.4. The number of carbonyl (C=O) groups excluding carboxylic acids is 6. The van der Waals surface area contributed by atoms with Crippen molar-refractivity contribution in [3.05, 3.63) is 125 Å². The Kier molecular flexibility index (Phi) is 27.6. The smallest absolute Gasteiger partial charge is 0.410 e. The van der Waals surface area contributed by atoms with Gasteiger partial charge in [-0.3, -0.25) is 28.9 Å². The number of anilines is 1. The number of aryl methyl sites for hydroxylation is 2. The lowest BCUT2D eigenvalue weighted by atomic mass is 9.96. The fourth-order valence-electron chi connectivity index (χ4n) is 11.1. The van der Waals surface area contributed by atoms with Crippen molar-refractivity contribution in [3.63, 3.8) is 0 Å². The molecule has 3 fully saturated rings. The van der Waals surface area contributed by atoms with Crippen LogP contribution in [0.4, 0.5) is 15.4 Å². The molecule has 1 aromatic heterocycles. The van der Waals surface area contributed by atoms with E-state index in [1.807, 2.05) is 20.8 Å². The summed E-state index contributed by atoms with van der Waals surface area (Å²) >= 11 is 36.8. The summed E-state index contributed by atoms with van der Waals surface area (Å²) in [4.78, 5) is 98.9. The van der Waals surface area contributed by atoms with Gasteiger partial charge < -0.3 is 54.3 Å². The van der Waals surface area contributed by atoms with Crippen LogP contribution in [0.25, 0.3) is 0 Å². The lowest BCUT2D eigenvalue weighted by Crippen LogP contribution is -2.63. The summed E-state index contributed by atoms with van der Waals surface area (Å²) in [6.07, 6.45) is 3.23. The summed E-state index contributed by atoms with van der Waals surface area (Å²) in [6.45, 7) is 22.8. The van der Waals surface area contributed by atoms with Gasteiger partial charge in [0, 0.05) is 108 Å². The van der Waals surface area contributed by atoms with E-state index in [-0.39, 0.29) is 73.9 Å². The summed E-state index contributed by atoms with van der Waals surface area (Å²) < 4.78 is 20.9. The number of ether oxygens (including phenoxy) is 4. The van der Waals surface area contributed by atoms with Crippen LogP contribution >= 0.6 is 69.6 Å². The minimum atomic E-state index is -0.976. The quantitative estimate of drug-likeness (QED) is 0.0520. The number of likely N-dealkylation sites (tertiary alicyclic amines) is 3. The van der Waals surface area contributed by atoms with Gasteiger partial charge in [0.2, 0.25) is 11.8 Å². The number of hydrogen-bond acceptors (Lipinski definition) is 15. The number of nitrogens with one attached hydrogen (secondary N) is 2. The highest BCUT2D eigenvalue weighted by molar-refractivity contribution is 6.35. The van der Waals surface area contributed by atoms with Gasteiger partial charge in [0.05, 0.1) is 56.6 Å². The van der Waals surface area contributed by atoms with Crippen LogP contribution in [0.1, 0.15) is 147 Å². The number of esters is 2. The molecule has 26 heteroatoms. The van der Waals surface area contributed by atoms with E-state index in [0.29, 0.717) is 87.1 Å². The van der Waals surface area contributed by atoms with E-state index in [9.17, 15) is 38.7 Å². The van der Waals surface area contributed by atoms with Gasteiger partial charge in [0.25, 0.3) is 0 Å². The summed E-state index contributed by atoms with van der Waals surface area (Å²) in [7, 11) is 0. The number of nitrogens with zero attached hydrogens (tertiary/aromatic N) is 6. The Labute approximate surface area is 563 Å². The van der Waals surface area contributed by atoms with E-state index >= 15 is 0 Å². The standard InChI is InChI=1S/C25H30Cl2N4O3.C21H28Cl2N2O5.C19H26Cl2N2O4/c1-16(32)31(23(13-24(33)34)18-10-19(26)12-20(27)11-18)22-14-30(15-22)9-3-5-21-7-6-17-4-2-8-28-25(17)29-21;1-6-29-19(27)10-18(14-7-15(22)9-16(23)8-14)25(13(2)26)17-11-24(12-17)20(28)30-21(3,4)5;1-5-26-17(24)9-16(12-6-13(20)8-14(21)7-12)22-15-10-23(11-15)18(25)27-19(2,3)4/h6-7,10-12,22-23H,2-5,8-9,13-15H2,1H3,(H,28,29)(H,33,34);7-9,17-18H,6,10-12H2,1-5H3;6-8,15-16,22H,5,9-11H2,1-4H3/t23-;18-;16-/m000/s1. The molecule has 5 heterocycles. The minimum absolute atomic E-state index is 0.0368. The molecular weight excluding hydrogens is 1300 g/mol. The number of carboxylic acid groups (broad SMARTS) is 1. The van der Waals surface area contributed by atoms with Crippen molar-refractivity contribution < 1.29 is 57.6 Å². The highest BCUT2D eigenvalue weighted by Gasteiger charge is 2.43. The molecule has 3 saturated heterocycles. The molecule has 4 aliphatic heterocycles. The molecule has 3 atom stereocenters. The number of benzene rings is 3. The third-order valence-electron chi connectivity index (χ3n) is 15.0. The zero-order valence-electron chi connectivity index (χ0n) is 53.2. The molecule has 0 spiro atoms. The van der Waals surface area contributed by atoms with Crippen molar-refractivity contribution in [1.82, 2.24) is 34.8 Å². The zero-order chi connectivity index (χ0) is 67.1. The number of rotatable bonds is 21. The van der Waals surface area contributed by atoms with Crippen LogP contribution in [0.15, 0.2) is 66.7 Å². The van der Waals surface area contributed by atoms with Gasteiger partial charge in [-0.2, -0.15) is 0 Å². The van der Waals surface area contributed by atoms with Crippen molar-refractivity contribution in [3.8, 4) is 0 Å². The average Bonchev–Trinajstić information content (AvgIpc) is 0.832. The average molecular weight is 1380 g/mol. The molecule has 4 aromatic rings. The van der Waals surface area contributed by atoms with Crippen molar-refractivity contribution in [2.45, 2.75) is 162 Å². The van der Waals surface area contributed by atoms with Gasteiger partial charge in [0.15, 0.2) is 0 Å². The summed E-state index contributed by atoms with van der Waals surface area (Å²) in [5, 5.41) is 18.9. The van der Waals surface area contributed by atoms with Crippen LogP contribution in [0, 0.1) is 0 Å². The number of pyridine rings is 1. The van der Waals surface area contributed by atoms with Crippen molar-refractivity contribution >= 4 is 117 Å². The highest BCUT2D eigenvalue weighted by Crippen LogP contribution is 2.37. The third kappa shape index (κ3) is 23.3. The molecule has 3 N–H and O–H groups in total. The van der Waals surface area contributed by atoms with Gasteiger partial charge in [-0.1, -0.05) is 75.7 Å². The maximum atomic E-state index is 12.6. The van der Waals surface area contributed by atoms with Crippen molar-refractivity contribution in [1.29, 1.82) is 0 Å². The Morgan fingerprint density at radius 2 is 1.07 bits per heavy atom. The minimum Gasteiger partial charge on any atom is -0.481 e. The molecule has 0 bridgehead atoms. The lowest BCUT2D eigenvalue weighted by molar-refractivity contribution is -0.149. The first-order chi connectivity index (χ1) is 42.8. The number of carboxylic acids is 1. The summed E-state index contributed by atoms with van der Waals surface area (Å²) in [5.74, 6) is -1.08. The van der Waals surface area contributed by atoms with Gasteiger partial charge >= 0.3 is 30.1 Å². The third-order valence-corrected chi connectivity index (χ3v) is 16.3. The fraction of sp³-hybridized carbons (Fsp3) is 0.538. The first kappa shape index (κ1) is 74.2. The number of aliphatic carboxylic acids is 1. The van der Waals surface area contributed by atoms with Crippen LogP contribution in [-0.2, 0) is 55.8 Å². The summed E-state index contributed by atoms with van der Waals surface area (Å²) in [5.41, 5.74) is 3.33. The Morgan fingerprint density at radius 1 is 0.626 bits per heavy atom. The van der Waals surface area contributed by atoms with Crippen molar-refractivity contribution in [2.75, 3.05) is 70.9 Å². The molecular formula is C65H84Cl6N8O12. The number of aromatic nitrogens is 1. The maximum absolute atomic E-state index is 12.6. The highest BCUT2D eigenvalue weighted by atomic mass is 35.5. The molecule has 4 aliphatic rings. The van der Waals surface area contributed by atoms with Gasteiger partial charge in [-0.15, -0.1) is 0 Å². The number of halogens is 6. The van der Waals surface area contributed by atoms with E-state index in [0.717, 1.165) is 55.8 Å². The molecule has 0 aliphatic carbocycles. The predicted molar refractivity (Wildman–Crippen MR) is 353 cm³/mol. The fourth-order valence-corrected chi connectivity index (χ4v) is 12.7. The molecule has 0 saturated carbocycles. The maximum Gasteiger partial charge on any atom is 0.410 e. The van der Waals surface area contributed by atoms with Crippen LogP contribution in [0.2, 0.25) is 30.1 Å². The first-order valence-corrected chi connectivity index (χ1v) is 32.7. The largest absolute Gasteiger partial charge is 0.481 e. The number of hydrogen-bond donors (Lipinski definition) is 3. The normalized spacial score (nSPS) is 16.0. The Balaban J connectivity index is 0.000000219. The molecule has 3 aromatic carbocycles. The predicted octanol–water partition coefficient (Wildman–Crippen LogP) is 13.1. The molecule has 498 valence electrons. The molecule has 8 rings (SSSR count). The molecule has 4 amide bonds. The van der Waals surface area contributed by atoms with Crippen LogP contribution < -0.4 is 10.6 Å². The van der Waals surface area contributed by atoms with Crippen LogP contribution in [0.5, 0.6) is 0 Å². The zero-order valence-corrected chi connectivity index (χ0v) is 57.8. The Bertz CT molecular complexity index is 3140. The molecule has 20 nitrogen and oxygen atoms in total. The second kappa shape index (κ2) is 33.8. The van der Waals surface area contributed by atoms with Crippen LogP contribution in [0.3, 0.4) is 0 Å². The van der Waals surface area contributed by atoms with Crippen molar-refractivity contribution in [2.24, 2.45) is 0 Å². The Morgan fingerprint density at radius 3 is 1.52 bits per heavy atom. The number of amides is 4. The molecule has 0 unspecified atom stereocenters. The van der Waals surface area contributed by atoms with E-state index < -0.39 is 41.3 Å². The van der Waals surface area contributed by atoms with E-state index in [2.05, 4.69) is 27.7 Å². The summed E-state index contributed by atoms with van der Waals surface area (Å²) in [6, 6.07) is 17.6. The Hall–Kier alpha value is -5.84. The molecule has 0 radical (unpaired) electrons. The first-order valence-electron chi connectivity index (χ1n) is 30.4. The lowest BCUT2D eigenvalue weighted by Gasteiger charge is -2.48. The van der Waals surface area contributed by atoms with Gasteiger partial charge in [-0.25, -0.2) is 14.6 Å². The van der Waals surface area contributed by atoms with Gasteiger partial charge in [-0.05, 0) is 171 Å². The number of fused-ring (bicyclic) bond motifs is 1. The SMILES string of the molecule is CC(=O)N(C1CN(CCCc2ccc3c(n2)NCCC3)C1)[C@@H](CC(=O)O)c1cc(Cl)cc(Cl)c1.CCOC(=O)C[C@@H](c1cc(Cl)cc(Cl)c1)N(C(C)=O)C1CN(C(=O)OC(C)(C)C)C1.CCOC(=O)C[C@H](NC1CN(C(=O)OC(C)(C)C)C1)c1cc(Cl)cc(Cl)c1. The van der Waals surface area contributed by atoms with Gasteiger partial charge in [0.1, 0.15) is 17.0 Å². The number of carbonyl (C=O) groups is 7. The van der Waals surface area contributed by atoms with Crippen LogP contribution in [-0.4, -0.2) is 171 Å². The van der Waals surface area contributed by atoms with E-state index in [4.69, 9.17) is 93.5 Å². The topological polar surface area (TPSA) is 230 Å². The molecule has 91 heavy (non-hydrogen) atoms. The monoisotopic (exact) mass is 1380 g/mol. The van der Waals surface area contributed by atoms with E-state index in [1.54, 1.807) is 104 Å². The van der Waals surface area contributed by atoms with E-state index in [1.165, 1.54) is 24.3 Å².